The van der Waals surface area contributed by atoms with Gasteiger partial charge in [0.2, 0.25) is 0 Å². The molecule has 0 atom stereocenters. The molecule has 2 amide bonds. The maximum absolute atomic E-state index is 12.6. The van der Waals surface area contributed by atoms with Gasteiger partial charge in [-0.2, -0.15) is 0 Å². The Balaban J connectivity index is 1.69. The summed E-state index contributed by atoms with van der Waals surface area (Å²) in [6.45, 7) is 4.76. The van der Waals surface area contributed by atoms with Gasteiger partial charge >= 0.3 is 0 Å². The minimum Gasteiger partial charge on any atom is -0.490 e. The Morgan fingerprint density at radius 2 is 1.91 bits per heavy atom. The number of carbonyl (C=O) groups is 2. The first kappa shape index (κ1) is 24.3. The van der Waals surface area contributed by atoms with E-state index < -0.39 is 0 Å². The molecule has 0 saturated carbocycles. The number of thiocarbonyl (C=S) groups is 1. The summed E-state index contributed by atoms with van der Waals surface area (Å²) < 4.78 is 12.9. The van der Waals surface area contributed by atoms with Crippen LogP contribution in [0.15, 0.2) is 51.8 Å². The van der Waals surface area contributed by atoms with E-state index in [1.165, 1.54) is 11.8 Å². The molecule has 3 rings (SSSR count). The van der Waals surface area contributed by atoms with Gasteiger partial charge in [-0.3, -0.25) is 14.5 Å². The lowest BCUT2D eigenvalue weighted by Crippen LogP contribution is -2.28. The van der Waals surface area contributed by atoms with E-state index >= 15 is 0 Å². The molecule has 1 heterocycles. The zero-order valence-electron chi connectivity index (χ0n) is 17.7. The lowest BCUT2D eigenvalue weighted by atomic mass is 10.2. The number of amides is 2. The number of hydrogen-bond acceptors (Lipinski definition) is 6. The molecule has 1 saturated heterocycles. The highest BCUT2D eigenvalue weighted by atomic mass is 79.9. The summed E-state index contributed by atoms with van der Waals surface area (Å²) in [5.41, 5.74) is 1.47. The number of nitrogens with zero attached hydrogens (tertiary/aromatic N) is 1. The number of benzene rings is 2. The predicted molar refractivity (Wildman–Crippen MR) is 136 cm³/mol. The number of anilines is 1. The number of nitrogens with one attached hydrogen (secondary N) is 1. The summed E-state index contributed by atoms with van der Waals surface area (Å²) >= 11 is 9.98. The van der Waals surface area contributed by atoms with E-state index in [0.29, 0.717) is 39.6 Å². The van der Waals surface area contributed by atoms with Gasteiger partial charge in [0.25, 0.3) is 11.8 Å². The number of carbonyl (C=O) groups excluding carboxylic acids is 2. The normalized spacial score (nSPS) is 14.7. The lowest BCUT2D eigenvalue weighted by molar-refractivity contribution is -0.122. The van der Waals surface area contributed by atoms with E-state index in [0.717, 1.165) is 16.5 Å². The Hall–Kier alpha value is -2.36. The molecule has 2 aromatic carbocycles. The van der Waals surface area contributed by atoms with Crippen LogP contribution in [0.5, 0.6) is 11.5 Å². The van der Waals surface area contributed by atoms with Crippen LogP contribution >= 0.6 is 39.9 Å². The molecule has 0 radical (unpaired) electrons. The van der Waals surface area contributed by atoms with E-state index in [-0.39, 0.29) is 18.4 Å². The lowest BCUT2D eigenvalue weighted by Gasteiger charge is -2.13. The quantitative estimate of drug-likeness (QED) is 0.339. The highest BCUT2D eigenvalue weighted by Gasteiger charge is 2.31. The van der Waals surface area contributed by atoms with Gasteiger partial charge in [-0.25, -0.2) is 0 Å². The molecule has 168 valence electrons. The van der Waals surface area contributed by atoms with Crippen LogP contribution < -0.4 is 14.8 Å². The molecule has 0 aromatic heterocycles. The Morgan fingerprint density at radius 1 is 1.16 bits per heavy atom. The zero-order chi connectivity index (χ0) is 23.1. The molecule has 0 aliphatic carbocycles. The van der Waals surface area contributed by atoms with Crippen molar-refractivity contribution in [1.29, 1.82) is 0 Å². The summed E-state index contributed by atoms with van der Waals surface area (Å²) in [5, 5.41) is 2.78. The highest BCUT2D eigenvalue weighted by molar-refractivity contribution is 9.10. The van der Waals surface area contributed by atoms with Crippen molar-refractivity contribution in [2.24, 2.45) is 0 Å². The van der Waals surface area contributed by atoms with Crippen LogP contribution in [-0.2, 0) is 9.59 Å². The summed E-state index contributed by atoms with van der Waals surface area (Å²) in [7, 11) is 0. The molecule has 1 N–H and O–H groups in total. The van der Waals surface area contributed by atoms with E-state index in [9.17, 15) is 9.59 Å². The number of halogens is 1. The summed E-state index contributed by atoms with van der Waals surface area (Å²) in [5.74, 6) is 0.596. The van der Waals surface area contributed by atoms with Crippen molar-refractivity contribution >= 4 is 67.8 Å². The Labute approximate surface area is 205 Å². The molecule has 2 aromatic rings. The van der Waals surface area contributed by atoms with Gasteiger partial charge in [0.1, 0.15) is 4.32 Å². The second-order valence-electron chi connectivity index (χ2n) is 6.82. The topological polar surface area (TPSA) is 67.9 Å². The van der Waals surface area contributed by atoms with Crippen LogP contribution in [0.4, 0.5) is 5.69 Å². The first-order chi connectivity index (χ1) is 15.4. The Morgan fingerprint density at radius 3 is 2.59 bits per heavy atom. The molecular weight excluding hydrogens is 512 g/mol. The van der Waals surface area contributed by atoms with Crippen molar-refractivity contribution in [3.8, 4) is 11.5 Å². The van der Waals surface area contributed by atoms with Crippen LogP contribution in [0, 0.1) is 0 Å². The van der Waals surface area contributed by atoms with Crippen LogP contribution in [0.25, 0.3) is 6.08 Å². The van der Waals surface area contributed by atoms with Crippen LogP contribution in [0.1, 0.15) is 25.8 Å². The van der Waals surface area contributed by atoms with E-state index in [4.69, 9.17) is 21.7 Å². The number of hydrogen-bond donors (Lipinski definition) is 1. The van der Waals surface area contributed by atoms with Crippen molar-refractivity contribution in [3.63, 3.8) is 0 Å². The second kappa shape index (κ2) is 11.5. The minimum atomic E-state index is -0.279. The summed E-state index contributed by atoms with van der Waals surface area (Å²) in [4.78, 5) is 27.0. The van der Waals surface area contributed by atoms with Crippen LogP contribution in [0.2, 0.25) is 0 Å². The maximum Gasteiger partial charge on any atom is 0.266 e. The van der Waals surface area contributed by atoms with Crippen molar-refractivity contribution in [1.82, 2.24) is 4.90 Å². The van der Waals surface area contributed by atoms with Gasteiger partial charge in [-0.15, -0.1) is 0 Å². The molecule has 9 heteroatoms. The smallest absolute Gasteiger partial charge is 0.266 e. The minimum absolute atomic E-state index is 0.0789. The van der Waals surface area contributed by atoms with Gasteiger partial charge < -0.3 is 14.8 Å². The van der Waals surface area contributed by atoms with Crippen LogP contribution in [0.3, 0.4) is 0 Å². The third-order valence-corrected chi connectivity index (χ3v) is 6.28. The predicted octanol–water partition coefficient (Wildman–Crippen LogP) is 5.48. The Kier molecular flexibility index (Phi) is 8.72. The number of rotatable bonds is 9. The average molecular weight is 535 g/mol. The molecule has 1 aliphatic heterocycles. The molecule has 0 spiro atoms. The van der Waals surface area contributed by atoms with Gasteiger partial charge in [-0.1, -0.05) is 52.9 Å². The molecular formula is C23H23BrN2O4S2. The zero-order valence-corrected chi connectivity index (χ0v) is 20.9. The first-order valence-corrected chi connectivity index (χ1v) is 12.1. The molecule has 0 bridgehead atoms. The summed E-state index contributed by atoms with van der Waals surface area (Å²) in [6, 6.07) is 12.6. The highest BCUT2D eigenvalue weighted by Crippen LogP contribution is 2.35. The van der Waals surface area contributed by atoms with E-state index in [1.807, 2.05) is 32.0 Å². The monoisotopic (exact) mass is 534 g/mol. The van der Waals surface area contributed by atoms with Crippen molar-refractivity contribution in [2.75, 3.05) is 25.1 Å². The van der Waals surface area contributed by atoms with Gasteiger partial charge in [0.05, 0.1) is 11.5 Å². The number of thioether (sulfide) groups is 1. The first-order valence-electron chi connectivity index (χ1n) is 10.1. The average Bonchev–Trinajstić information content (AvgIpc) is 3.03. The third kappa shape index (κ3) is 6.34. The fraction of sp³-hybridized carbons (Fsp3) is 0.261. The SMILES string of the molecule is CCCN1C(=O)/C(=C/c2ccc(OCC(=O)Nc3ccc(Br)cc3)c(OCC)c2)SC1=S. The molecule has 1 fully saturated rings. The second-order valence-corrected chi connectivity index (χ2v) is 9.41. The number of ether oxygens (including phenoxy) is 2. The maximum atomic E-state index is 12.6. The molecule has 6 nitrogen and oxygen atoms in total. The van der Waals surface area contributed by atoms with E-state index in [2.05, 4.69) is 21.2 Å². The van der Waals surface area contributed by atoms with E-state index in [1.54, 1.807) is 35.2 Å². The van der Waals surface area contributed by atoms with Crippen molar-refractivity contribution < 1.29 is 19.1 Å². The van der Waals surface area contributed by atoms with Crippen LogP contribution in [-0.4, -0.2) is 40.8 Å². The summed E-state index contributed by atoms with van der Waals surface area (Å²) in [6.07, 6.45) is 2.64. The Bertz CT molecular complexity index is 1040. The molecule has 32 heavy (non-hydrogen) atoms. The van der Waals surface area contributed by atoms with Crippen molar-refractivity contribution in [3.05, 3.63) is 57.4 Å². The fourth-order valence-corrected chi connectivity index (χ4v) is 4.52. The van der Waals surface area contributed by atoms with Crippen molar-refractivity contribution in [2.45, 2.75) is 20.3 Å². The fourth-order valence-electron chi connectivity index (χ4n) is 2.94. The standard InChI is InChI=1S/C23H23BrN2O4S2/c1-3-11-26-22(28)20(32-23(26)31)13-15-5-10-18(19(12-15)29-4-2)30-14-21(27)25-17-8-6-16(24)7-9-17/h5-10,12-13H,3-4,11,14H2,1-2H3,(H,25,27)/b20-13-. The van der Waals surface area contributed by atoms with Gasteiger partial charge in [-0.05, 0) is 61.4 Å². The molecule has 0 unspecified atom stereocenters. The third-order valence-electron chi connectivity index (χ3n) is 4.37. The van der Waals surface area contributed by atoms with Gasteiger partial charge in [0, 0.05) is 16.7 Å². The molecule has 1 aliphatic rings. The largest absolute Gasteiger partial charge is 0.490 e. The van der Waals surface area contributed by atoms with Gasteiger partial charge in [0.15, 0.2) is 18.1 Å².